The van der Waals surface area contributed by atoms with E-state index < -0.39 is 0 Å². The summed E-state index contributed by atoms with van der Waals surface area (Å²) in [7, 11) is 0. The van der Waals surface area contributed by atoms with Crippen LogP contribution in [0.25, 0.3) is 5.65 Å². The van der Waals surface area contributed by atoms with Gasteiger partial charge in [0.05, 0.1) is 0 Å². The highest BCUT2D eigenvalue weighted by atomic mass is 35.5. The second-order valence-electron chi connectivity index (χ2n) is 2.93. The van der Waals surface area contributed by atoms with E-state index in [0.717, 1.165) is 23.5 Å². The number of hydrogen-bond acceptors (Lipinski definition) is 2. The molecule has 13 heavy (non-hydrogen) atoms. The van der Waals surface area contributed by atoms with Gasteiger partial charge in [-0.15, -0.1) is 11.6 Å². The molecule has 0 atom stereocenters. The van der Waals surface area contributed by atoms with Crippen LogP contribution in [-0.2, 0) is 6.42 Å². The smallest absolute Gasteiger partial charge is 0.158 e. The Kier molecular flexibility index (Phi) is 2.19. The highest BCUT2D eigenvalue weighted by Crippen LogP contribution is 2.07. The van der Waals surface area contributed by atoms with Crippen LogP contribution in [0.15, 0.2) is 18.3 Å². The molecule has 2 aromatic rings. The van der Waals surface area contributed by atoms with Crippen LogP contribution in [-0.4, -0.2) is 20.5 Å². The number of rotatable bonds is 2. The Morgan fingerprint density at radius 1 is 1.54 bits per heavy atom. The molecule has 0 aromatic carbocycles. The quantitative estimate of drug-likeness (QED) is 0.685. The maximum atomic E-state index is 5.61. The summed E-state index contributed by atoms with van der Waals surface area (Å²) in [5, 5.41) is 4.28. The minimum absolute atomic E-state index is 0.565. The van der Waals surface area contributed by atoms with Crippen molar-refractivity contribution in [2.24, 2.45) is 0 Å². The molecule has 0 fully saturated rings. The third kappa shape index (κ3) is 1.52. The Hall–Kier alpha value is -1.09. The summed E-state index contributed by atoms with van der Waals surface area (Å²) in [6.45, 7) is 2.02. The second kappa shape index (κ2) is 3.34. The van der Waals surface area contributed by atoms with Gasteiger partial charge in [0.25, 0.3) is 0 Å². The topological polar surface area (TPSA) is 30.2 Å². The van der Waals surface area contributed by atoms with Crippen molar-refractivity contribution in [1.29, 1.82) is 0 Å². The first-order chi connectivity index (χ1) is 6.31. The molecular formula is C9H10ClN3. The molecule has 0 N–H and O–H groups in total. The van der Waals surface area contributed by atoms with E-state index in [9.17, 15) is 0 Å². The summed E-state index contributed by atoms with van der Waals surface area (Å²) in [6, 6.07) is 3.98. The lowest BCUT2D eigenvalue weighted by molar-refractivity contribution is 0.887. The molecule has 3 nitrogen and oxygen atoms in total. The average molecular weight is 196 g/mol. The van der Waals surface area contributed by atoms with Crippen molar-refractivity contribution in [2.75, 3.05) is 5.88 Å². The first-order valence-electron chi connectivity index (χ1n) is 4.18. The predicted molar refractivity (Wildman–Crippen MR) is 52.1 cm³/mol. The molecule has 0 radical (unpaired) electrons. The lowest BCUT2D eigenvalue weighted by atomic mass is 10.3. The fraction of sp³-hybridized carbons (Fsp3) is 0.333. The number of aryl methyl sites for hydroxylation is 2. The van der Waals surface area contributed by atoms with Gasteiger partial charge >= 0.3 is 0 Å². The summed E-state index contributed by atoms with van der Waals surface area (Å²) in [5.74, 6) is 1.37. The highest BCUT2D eigenvalue weighted by Gasteiger charge is 2.03. The number of halogens is 1. The molecule has 0 spiro atoms. The van der Waals surface area contributed by atoms with Gasteiger partial charge in [-0.1, -0.05) is 6.07 Å². The molecule has 0 amide bonds. The van der Waals surface area contributed by atoms with E-state index in [2.05, 4.69) is 10.1 Å². The van der Waals surface area contributed by atoms with Gasteiger partial charge < -0.3 is 0 Å². The Labute approximate surface area is 81.4 Å². The molecule has 0 aliphatic heterocycles. The molecule has 2 heterocycles. The average Bonchev–Trinajstić information content (AvgIpc) is 2.49. The van der Waals surface area contributed by atoms with Crippen molar-refractivity contribution in [1.82, 2.24) is 14.6 Å². The van der Waals surface area contributed by atoms with Crippen molar-refractivity contribution in [3.05, 3.63) is 29.7 Å². The van der Waals surface area contributed by atoms with E-state index in [0.29, 0.717) is 5.88 Å². The summed E-state index contributed by atoms with van der Waals surface area (Å²) in [4.78, 5) is 4.37. The van der Waals surface area contributed by atoms with Gasteiger partial charge in [0.1, 0.15) is 0 Å². The van der Waals surface area contributed by atoms with Gasteiger partial charge in [0.15, 0.2) is 11.5 Å². The van der Waals surface area contributed by atoms with Crippen LogP contribution in [0.4, 0.5) is 0 Å². The van der Waals surface area contributed by atoms with Crippen LogP contribution in [0, 0.1) is 6.92 Å². The Bertz CT molecular complexity index is 422. The van der Waals surface area contributed by atoms with Crippen LogP contribution in [0.3, 0.4) is 0 Å². The summed E-state index contributed by atoms with van der Waals surface area (Å²) in [6.07, 6.45) is 2.62. The van der Waals surface area contributed by atoms with Crippen LogP contribution < -0.4 is 0 Å². The maximum absolute atomic E-state index is 5.61. The Balaban J connectivity index is 2.55. The highest BCUT2D eigenvalue weighted by molar-refractivity contribution is 6.17. The summed E-state index contributed by atoms with van der Waals surface area (Å²) < 4.78 is 1.79. The van der Waals surface area contributed by atoms with Crippen molar-refractivity contribution >= 4 is 17.2 Å². The lowest BCUT2D eigenvalue weighted by Crippen LogP contribution is -1.90. The first-order valence-corrected chi connectivity index (χ1v) is 4.71. The summed E-state index contributed by atoms with van der Waals surface area (Å²) in [5.41, 5.74) is 2.05. The molecule has 0 saturated heterocycles. The van der Waals surface area contributed by atoms with Crippen molar-refractivity contribution < 1.29 is 0 Å². The lowest BCUT2D eigenvalue weighted by Gasteiger charge is -1.92. The number of aromatic nitrogens is 3. The third-order valence-corrected chi connectivity index (χ3v) is 2.11. The third-order valence-electron chi connectivity index (χ3n) is 1.92. The number of fused-ring (bicyclic) bond motifs is 1. The number of hydrogen-bond donors (Lipinski definition) is 0. The zero-order chi connectivity index (χ0) is 9.26. The zero-order valence-corrected chi connectivity index (χ0v) is 8.12. The summed E-state index contributed by atoms with van der Waals surface area (Å²) >= 11 is 5.61. The van der Waals surface area contributed by atoms with E-state index in [1.165, 1.54) is 0 Å². The number of alkyl halides is 1. The van der Waals surface area contributed by atoms with Crippen LogP contribution in [0.1, 0.15) is 11.4 Å². The van der Waals surface area contributed by atoms with Gasteiger partial charge in [0, 0.05) is 18.5 Å². The van der Waals surface area contributed by atoms with Gasteiger partial charge in [-0.3, -0.25) is 0 Å². The fourth-order valence-electron chi connectivity index (χ4n) is 1.27. The molecule has 0 saturated carbocycles. The van der Waals surface area contributed by atoms with Crippen molar-refractivity contribution in [2.45, 2.75) is 13.3 Å². The minimum atomic E-state index is 0.565. The normalized spacial score (nSPS) is 10.9. The van der Waals surface area contributed by atoms with Crippen LogP contribution in [0.2, 0.25) is 0 Å². The van der Waals surface area contributed by atoms with Crippen LogP contribution >= 0.6 is 11.6 Å². The minimum Gasteiger partial charge on any atom is -0.221 e. The van der Waals surface area contributed by atoms with E-state index in [1.54, 1.807) is 4.52 Å². The van der Waals surface area contributed by atoms with E-state index in [4.69, 9.17) is 11.6 Å². The molecule has 0 bridgehead atoms. The van der Waals surface area contributed by atoms with E-state index >= 15 is 0 Å². The zero-order valence-electron chi connectivity index (χ0n) is 7.37. The monoisotopic (exact) mass is 195 g/mol. The molecule has 0 unspecified atom stereocenters. The van der Waals surface area contributed by atoms with E-state index in [-0.39, 0.29) is 0 Å². The maximum Gasteiger partial charge on any atom is 0.158 e. The van der Waals surface area contributed by atoms with Crippen molar-refractivity contribution in [3.8, 4) is 0 Å². The largest absolute Gasteiger partial charge is 0.221 e. The SMILES string of the molecule is Cc1cccn2nc(CCCl)nc12. The molecule has 68 valence electrons. The molecule has 2 aromatic heterocycles. The van der Waals surface area contributed by atoms with Gasteiger partial charge in [-0.2, -0.15) is 5.10 Å². The first kappa shape index (κ1) is 8.51. The van der Waals surface area contributed by atoms with Gasteiger partial charge in [-0.25, -0.2) is 9.50 Å². The van der Waals surface area contributed by atoms with Crippen molar-refractivity contribution in [3.63, 3.8) is 0 Å². The standard InChI is InChI=1S/C9H10ClN3/c1-7-3-2-6-13-9(7)11-8(12-13)4-5-10/h2-3,6H,4-5H2,1H3. The number of pyridine rings is 1. The Morgan fingerprint density at radius 3 is 3.08 bits per heavy atom. The molecule has 0 aliphatic rings. The fourth-order valence-corrected chi connectivity index (χ4v) is 1.44. The number of nitrogens with zero attached hydrogens (tertiary/aromatic N) is 3. The molecule has 2 rings (SSSR count). The van der Waals surface area contributed by atoms with Gasteiger partial charge in [-0.05, 0) is 18.6 Å². The molecular weight excluding hydrogens is 186 g/mol. The van der Waals surface area contributed by atoms with Crippen LogP contribution in [0.5, 0.6) is 0 Å². The Morgan fingerprint density at radius 2 is 2.38 bits per heavy atom. The predicted octanol–water partition coefficient (Wildman–Crippen LogP) is 1.82. The molecule has 4 heteroatoms. The second-order valence-corrected chi connectivity index (χ2v) is 3.30. The van der Waals surface area contributed by atoms with Gasteiger partial charge in [0.2, 0.25) is 0 Å². The molecule has 0 aliphatic carbocycles. The van der Waals surface area contributed by atoms with E-state index in [1.807, 2.05) is 25.3 Å².